The van der Waals surface area contributed by atoms with Gasteiger partial charge in [-0.3, -0.25) is 9.78 Å². The summed E-state index contributed by atoms with van der Waals surface area (Å²) in [6, 6.07) is 0.151. The van der Waals surface area contributed by atoms with Crippen LogP contribution in [0.2, 0.25) is 0 Å². The smallest absolute Gasteiger partial charge is 0.349 e. The van der Waals surface area contributed by atoms with Gasteiger partial charge < -0.3 is 15.7 Å². The number of rotatable bonds is 5. The Labute approximate surface area is 187 Å². The molecule has 3 unspecified atom stereocenters. The summed E-state index contributed by atoms with van der Waals surface area (Å²) >= 11 is 0. The highest BCUT2D eigenvalue weighted by Gasteiger charge is 2.29. The second-order valence-corrected chi connectivity index (χ2v) is 9.19. The van der Waals surface area contributed by atoms with Gasteiger partial charge in [0.1, 0.15) is 5.76 Å². The van der Waals surface area contributed by atoms with E-state index in [-0.39, 0.29) is 23.7 Å². The first-order valence-corrected chi connectivity index (χ1v) is 11.6. The molecule has 32 heavy (non-hydrogen) atoms. The molecule has 2 heterocycles. The summed E-state index contributed by atoms with van der Waals surface area (Å²) in [6.07, 6.45) is 14.8. The molecule has 2 aliphatic carbocycles. The number of H-pyrrole nitrogens is 1. The summed E-state index contributed by atoms with van der Waals surface area (Å²) in [6.45, 7) is 4.21. The third kappa shape index (κ3) is 4.45. The van der Waals surface area contributed by atoms with Gasteiger partial charge >= 0.3 is 5.69 Å². The Bertz CT molecular complexity index is 1100. The highest BCUT2D eigenvalue weighted by molar-refractivity contribution is 5.60. The predicted molar refractivity (Wildman–Crippen MR) is 126 cm³/mol. The number of aliphatic hydroxyl groups is 1. The van der Waals surface area contributed by atoms with Crippen molar-refractivity contribution < 1.29 is 5.11 Å². The first-order chi connectivity index (χ1) is 15.4. The van der Waals surface area contributed by atoms with Crippen molar-refractivity contribution in [1.29, 1.82) is 0 Å². The van der Waals surface area contributed by atoms with Gasteiger partial charge in [-0.2, -0.15) is 4.68 Å². The summed E-state index contributed by atoms with van der Waals surface area (Å²) in [4.78, 5) is 26.5. The Morgan fingerprint density at radius 1 is 1.25 bits per heavy atom. The molecule has 0 bridgehead atoms. The molecule has 0 aromatic carbocycles. The molecule has 1 fully saturated rings. The van der Waals surface area contributed by atoms with Crippen molar-refractivity contribution in [2.75, 3.05) is 12.4 Å². The number of allylic oxidation sites excluding steroid dienone is 6. The lowest BCUT2D eigenvalue weighted by atomic mass is 9.78. The van der Waals surface area contributed by atoms with E-state index in [4.69, 9.17) is 0 Å². The van der Waals surface area contributed by atoms with Crippen LogP contribution in [0, 0.1) is 17.8 Å². The first-order valence-electron chi connectivity index (χ1n) is 11.6. The number of hydrogen-bond donors (Lipinski definition) is 4. The topological polar surface area (TPSA) is 112 Å². The highest BCUT2D eigenvalue weighted by Crippen LogP contribution is 2.36. The molecule has 3 atom stereocenters. The van der Waals surface area contributed by atoms with Crippen LogP contribution in [0.3, 0.4) is 0 Å². The number of dihydropyridines is 1. The van der Waals surface area contributed by atoms with E-state index in [2.05, 4.69) is 34.6 Å². The van der Waals surface area contributed by atoms with Crippen LogP contribution in [0.1, 0.15) is 52.4 Å². The Balaban J connectivity index is 1.50. The van der Waals surface area contributed by atoms with Crippen molar-refractivity contribution in [3.8, 4) is 0 Å². The third-order valence-electron chi connectivity index (χ3n) is 6.96. The van der Waals surface area contributed by atoms with E-state index in [9.17, 15) is 14.7 Å². The number of aliphatic hydroxyl groups excluding tert-OH is 1. The average Bonchev–Trinajstić information content (AvgIpc) is 2.78. The fraction of sp³-hybridized carbons (Fsp3) is 0.542. The molecule has 1 aromatic rings. The first kappa shape index (κ1) is 22.2. The lowest BCUT2D eigenvalue weighted by molar-refractivity contribution is 0.325. The normalized spacial score (nSPS) is 26.4. The van der Waals surface area contributed by atoms with E-state index in [1.54, 1.807) is 7.05 Å². The van der Waals surface area contributed by atoms with Gasteiger partial charge in [-0.25, -0.2) is 4.79 Å². The van der Waals surface area contributed by atoms with Gasteiger partial charge in [0, 0.05) is 19.0 Å². The highest BCUT2D eigenvalue weighted by atomic mass is 16.3. The predicted octanol–water partition coefficient (Wildman–Crippen LogP) is 3.29. The molecule has 8 heteroatoms. The van der Waals surface area contributed by atoms with Gasteiger partial charge in [-0.05, 0) is 50.2 Å². The lowest BCUT2D eigenvalue weighted by Crippen LogP contribution is -2.37. The van der Waals surface area contributed by atoms with E-state index >= 15 is 0 Å². The fourth-order valence-corrected chi connectivity index (χ4v) is 5.21. The van der Waals surface area contributed by atoms with Gasteiger partial charge in [0.05, 0.1) is 11.4 Å². The Morgan fingerprint density at radius 2 is 2.00 bits per heavy atom. The summed E-state index contributed by atoms with van der Waals surface area (Å²) in [5.41, 5.74) is 1.74. The fourth-order valence-electron chi connectivity index (χ4n) is 5.21. The van der Waals surface area contributed by atoms with Crippen molar-refractivity contribution in [3.63, 3.8) is 0 Å². The second kappa shape index (κ2) is 9.22. The number of anilines is 1. The SMILES string of the molecule is CNc1nn(C2=CC(C)C(CC3C=CC(O)=C(C4CCCCC4)N3)C(C)=C2)c(=O)[nH]c1=O. The molecule has 0 radical (unpaired) electrons. The van der Waals surface area contributed by atoms with E-state index < -0.39 is 11.2 Å². The van der Waals surface area contributed by atoms with Crippen LogP contribution in [-0.2, 0) is 0 Å². The minimum Gasteiger partial charge on any atom is -0.506 e. The maximum Gasteiger partial charge on any atom is 0.349 e. The number of aromatic amines is 1. The Hall–Kier alpha value is -3.03. The molecule has 8 nitrogen and oxygen atoms in total. The van der Waals surface area contributed by atoms with Gasteiger partial charge in [-0.15, -0.1) is 5.10 Å². The van der Waals surface area contributed by atoms with E-state index in [0.29, 0.717) is 17.4 Å². The maximum absolute atomic E-state index is 12.3. The quantitative estimate of drug-likeness (QED) is 0.560. The van der Waals surface area contributed by atoms with Crippen molar-refractivity contribution in [1.82, 2.24) is 20.1 Å². The molecule has 3 aliphatic rings. The van der Waals surface area contributed by atoms with Gasteiger partial charge in [-0.1, -0.05) is 43.9 Å². The lowest BCUT2D eigenvalue weighted by Gasteiger charge is -2.34. The monoisotopic (exact) mass is 439 g/mol. The van der Waals surface area contributed by atoms with Crippen LogP contribution in [0.5, 0.6) is 0 Å². The van der Waals surface area contributed by atoms with Crippen molar-refractivity contribution in [2.45, 2.75) is 58.4 Å². The van der Waals surface area contributed by atoms with Crippen LogP contribution < -0.4 is 21.9 Å². The van der Waals surface area contributed by atoms with Crippen LogP contribution in [0.15, 0.2) is 50.9 Å². The van der Waals surface area contributed by atoms with Crippen LogP contribution in [0.25, 0.3) is 5.70 Å². The molecule has 172 valence electrons. The zero-order chi connectivity index (χ0) is 22.8. The zero-order valence-corrected chi connectivity index (χ0v) is 19.0. The molecule has 0 saturated heterocycles. The standard InChI is InChI=1S/C24H33N5O3/c1-14-11-18(29-24(32)27-23(31)22(25-3)28-29)12-15(2)19(14)13-17-9-10-20(30)21(26-17)16-7-5-4-6-8-16/h9-12,14,16-17,19,26,30H,4-8,13H2,1-3H3,(H,25,28)(H,27,31,32). The van der Waals surface area contributed by atoms with Crippen LogP contribution in [-0.4, -0.2) is 33.0 Å². The summed E-state index contributed by atoms with van der Waals surface area (Å²) in [5.74, 6) is 1.37. The third-order valence-corrected chi connectivity index (χ3v) is 6.96. The van der Waals surface area contributed by atoms with Crippen LogP contribution in [0.4, 0.5) is 5.82 Å². The average molecular weight is 440 g/mol. The van der Waals surface area contributed by atoms with Gasteiger partial charge in [0.25, 0.3) is 5.56 Å². The molecule has 4 rings (SSSR count). The van der Waals surface area contributed by atoms with Crippen molar-refractivity contribution >= 4 is 11.5 Å². The molecule has 1 aliphatic heterocycles. The number of hydrogen-bond acceptors (Lipinski definition) is 6. The summed E-state index contributed by atoms with van der Waals surface area (Å²) < 4.78 is 1.24. The van der Waals surface area contributed by atoms with Gasteiger partial charge in [0.2, 0.25) is 5.82 Å². The molecule has 1 saturated carbocycles. The van der Waals surface area contributed by atoms with E-state index in [0.717, 1.165) is 30.5 Å². The maximum atomic E-state index is 12.3. The second-order valence-electron chi connectivity index (χ2n) is 9.19. The summed E-state index contributed by atoms with van der Waals surface area (Å²) in [7, 11) is 1.60. The van der Waals surface area contributed by atoms with Gasteiger partial charge in [0.15, 0.2) is 0 Å². The molecule has 0 spiro atoms. The van der Waals surface area contributed by atoms with Crippen molar-refractivity contribution in [2.24, 2.45) is 17.8 Å². The van der Waals surface area contributed by atoms with Crippen LogP contribution >= 0.6 is 0 Å². The van der Waals surface area contributed by atoms with Crippen molar-refractivity contribution in [3.05, 3.63) is 62.2 Å². The molecule has 0 amide bonds. The zero-order valence-electron chi connectivity index (χ0n) is 19.0. The van der Waals surface area contributed by atoms with E-state index in [1.165, 1.54) is 23.9 Å². The largest absolute Gasteiger partial charge is 0.506 e. The molecule has 4 N–H and O–H groups in total. The van der Waals surface area contributed by atoms with E-state index in [1.807, 2.05) is 24.3 Å². The minimum absolute atomic E-state index is 0.102. The Morgan fingerprint density at radius 3 is 2.69 bits per heavy atom. The number of nitrogens with zero attached hydrogens (tertiary/aromatic N) is 2. The molecular formula is C24H33N5O3. The number of nitrogens with one attached hydrogen (secondary N) is 3. The minimum atomic E-state index is -0.551. The molecule has 1 aromatic heterocycles. The Kier molecular flexibility index (Phi) is 6.39. The number of aromatic nitrogens is 3. The molecular weight excluding hydrogens is 406 g/mol. The summed E-state index contributed by atoms with van der Waals surface area (Å²) in [5, 5.41) is 20.9.